The molecule has 0 heterocycles. The molecular weight excluding hydrogens is 700 g/mol. The second-order valence-electron chi connectivity index (χ2n) is 13.8. The van der Waals surface area contributed by atoms with Crippen LogP contribution >= 0.6 is 11.8 Å². The van der Waals surface area contributed by atoms with E-state index in [0.717, 1.165) is 0 Å². The Morgan fingerprint density at radius 3 is 1.31 bits per heavy atom. The zero-order valence-electron chi connectivity index (χ0n) is 31.3. The third-order valence-corrected chi connectivity index (χ3v) is 8.22. The highest BCUT2D eigenvalue weighted by Crippen LogP contribution is 2.12. The summed E-state index contributed by atoms with van der Waals surface area (Å²) in [5.41, 5.74) is 10.5. The summed E-state index contributed by atoms with van der Waals surface area (Å²) >= 11 is 1.39. The Bertz CT molecular complexity index is 1220. The smallest absolute Gasteiger partial charge is 0.326 e. The van der Waals surface area contributed by atoms with Crippen LogP contribution in [0.5, 0.6) is 0 Å². The first-order valence-electron chi connectivity index (χ1n) is 17.4. The van der Waals surface area contributed by atoms with E-state index in [0.29, 0.717) is 5.75 Å². The van der Waals surface area contributed by atoms with Crippen molar-refractivity contribution in [3.63, 3.8) is 0 Å². The molecule has 0 rings (SSSR count). The van der Waals surface area contributed by atoms with Gasteiger partial charge in [0.2, 0.25) is 41.4 Å². The SMILES string of the molecule is CSCC[C@H](NC(=O)[C@H](CO)NC(=O)[C@H](CC(C)C)NC(=O)CN)C(=O)N[C@@H](CC(C)C)C(=O)N[C@@H](CC(C)C)C(=O)N[C@@H](CCC(N)=O)C(=O)O. The lowest BCUT2D eigenvalue weighted by atomic mass is 9.99. The summed E-state index contributed by atoms with van der Waals surface area (Å²) in [6.45, 7) is 9.69. The van der Waals surface area contributed by atoms with Gasteiger partial charge in [-0.2, -0.15) is 11.8 Å². The first kappa shape index (κ1) is 48.0. The van der Waals surface area contributed by atoms with Gasteiger partial charge < -0.3 is 53.6 Å². The molecule has 52 heavy (non-hydrogen) atoms. The highest BCUT2D eigenvalue weighted by molar-refractivity contribution is 7.98. The van der Waals surface area contributed by atoms with Gasteiger partial charge in [0.1, 0.15) is 36.3 Å². The van der Waals surface area contributed by atoms with Gasteiger partial charge in [0, 0.05) is 6.42 Å². The van der Waals surface area contributed by atoms with Crippen LogP contribution in [0.2, 0.25) is 0 Å². The molecule has 0 spiro atoms. The molecule has 0 aliphatic carbocycles. The maximum atomic E-state index is 13.6. The fourth-order valence-corrected chi connectivity index (χ4v) is 5.44. The van der Waals surface area contributed by atoms with Crippen molar-refractivity contribution in [2.75, 3.05) is 25.2 Å². The van der Waals surface area contributed by atoms with E-state index in [4.69, 9.17) is 11.5 Å². The predicted molar refractivity (Wildman–Crippen MR) is 195 cm³/mol. The van der Waals surface area contributed by atoms with Crippen molar-refractivity contribution in [1.29, 1.82) is 0 Å². The van der Waals surface area contributed by atoms with E-state index in [1.165, 1.54) is 11.8 Å². The van der Waals surface area contributed by atoms with Crippen LogP contribution in [0.15, 0.2) is 0 Å². The monoisotopic (exact) mass is 760 g/mol. The molecule has 0 aromatic rings. The molecule has 0 fully saturated rings. The van der Waals surface area contributed by atoms with E-state index >= 15 is 0 Å². The van der Waals surface area contributed by atoms with Crippen LogP contribution in [0.4, 0.5) is 0 Å². The Morgan fingerprint density at radius 1 is 0.577 bits per heavy atom. The molecular formula is C33H60N8O10S. The van der Waals surface area contributed by atoms with Crippen molar-refractivity contribution in [3.05, 3.63) is 0 Å². The molecule has 0 bridgehead atoms. The third kappa shape index (κ3) is 19.6. The zero-order chi connectivity index (χ0) is 40.1. The fourth-order valence-electron chi connectivity index (χ4n) is 4.97. The van der Waals surface area contributed by atoms with Crippen LogP contribution in [0.25, 0.3) is 0 Å². The number of primary amides is 1. The van der Waals surface area contributed by atoms with Crippen LogP contribution in [-0.2, 0) is 38.4 Å². The summed E-state index contributed by atoms with van der Waals surface area (Å²) < 4.78 is 0. The summed E-state index contributed by atoms with van der Waals surface area (Å²) in [6, 6.07) is -7.51. The number of carboxylic acid groups (broad SMARTS) is 1. The van der Waals surface area contributed by atoms with Gasteiger partial charge in [-0.25, -0.2) is 4.79 Å². The summed E-state index contributed by atoms with van der Waals surface area (Å²) in [5.74, 6) is -6.42. The van der Waals surface area contributed by atoms with Gasteiger partial charge >= 0.3 is 5.97 Å². The van der Waals surface area contributed by atoms with Crippen LogP contribution in [-0.4, -0.2) is 119 Å². The predicted octanol–water partition coefficient (Wildman–Crippen LogP) is -1.91. The van der Waals surface area contributed by atoms with E-state index in [1.54, 1.807) is 20.1 Å². The van der Waals surface area contributed by atoms with Gasteiger partial charge in [0.05, 0.1) is 13.2 Å². The van der Waals surface area contributed by atoms with E-state index in [1.807, 2.05) is 27.7 Å². The summed E-state index contributed by atoms with van der Waals surface area (Å²) in [6.07, 6.45) is 1.85. The van der Waals surface area contributed by atoms with E-state index in [9.17, 15) is 48.6 Å². The molecule has 12 N–H and O–H groups in total. The lowest BCUT2D eigenvalue weighted by molar-refractivity contribution is -0.142. The minimum atomic E-state index is -1.48. The lowest BCUT2D eigenvalue weighted by Gasteiger charge is -2.28. The van der Waals surface area contributed by atoms with Gasteiger partial charge in [0.15, 0.2) is 0 Å². The molecule has 0 saturated carbocycles. The second-order valence-corrected chi connectivity index (χ2v) is 14.8. The highest BCUT2D eigenvalue weighted by atomic mass is 32.2. The Morgan fingerprint density at radius 2 is 0.942 bits per heavy atom. The summed E-state index contributed by atoms with van der Waals surface area (Å²) in [5, 5.41) is 34.6. The number of hydrogen-bond donors (Lipinski definition) is 10. The van der Waals surface area contributed by atoms with Crippen LogP contribution in [0, 0.1) is 17.8 Å². The quantitative estimate of drug-likeness (QED) is 0.0462. The van der Waals surface area contributed by atoms with Gasteiger partial charge in [0.25, 0.3) is 0 Å². The number of nitrogens with two attached hydrogens (primary N) is 2. The Hall–Kier alpha value is -3.97. The standard InChI is InChI=1S/C33H60N8O10S/c1-17(2)12-22(36-27(44)15-34)29(46)41-25(16-42)32(49)37-20(10-11-52-7)28(45)39-24(14-19(5)6)31(48)40-23(13-18(3)4)30(47)38-21(33(50)51)8-9-26(35)43/h17-25,42H,8-16,34H2,1-7H3,(H2,35,43)(H,36,44)(H,37,49)(H,38,47)(H,39,45)(H,40,48)(H,41,46)(H,50,51)/t20-,21-,22-,23-,24-,25-/m0/s1. The second kappa shape index (κ2) is 25.1. The topological polar surface area (TPSA) is 301 Å². The van der Waals surface area contributed by atoms with E-state index in [2.05, 4.69) is 31.9 Å². The fraction of sp³-hybridized carbons (Fsp3) is 0.758. The minimum Gasteiger partial charge on any atom is -0.480 e. The summed E-state index contributed by atoms with van der Waals surface area (Å²) in [7, 11) is 0. The average molecular weight is 761 g/mol. The molecule has 7 amide bonds. The van der Waals surface area contributed by atoms with Crippen molar-refractivity contribution >= 4 is 59.1 Å². The zero-order valence-corrected chi connectivity index (χ0v) is 32.1. The maximum absolute atomic E-state index is 13.6. The first-order chi connectivity index (χ1) is 24.2. The molecule has 298 valence electrons. The minimum absolute atomic E-state index is 0.0178. The number of hydrogen-bond acceptors (Lipinski definition) is 11. The molecule has 0 aromatic carbocycles. The van der Waals surface area contributed by atoms with Crippen molar-refractivity contribution in [3.8, 4) is 0 Å². The number of carbonyl (C=O) groups is 8. The van der Waals surface area contributed by atoms with Crippen molar-refractivity contribution in [2.24, 2.45) is 29.2 Å². The number of aliphatic carboxylic acids is 1. The molecule has 0 saturated heterocycles. The van der Waals surface area contributed by atoms with E-state index in [-0.39, 0.29) is 62.8 Å². The molecule has 18 nitrogen and oxygen atoms in total. The summed E-state index contributed by atoms with van der Waals surface area (Å²) in [4.78, 5) is 102. The molecule has 0 aliphatic rings. The number of carboxylic acids is 1. The molecule has 0 aliphatic heterocycles. The van der Waals surface area contributed by atoms with Crippen LogP contribution in [0.1, 0.15) is 80.1 Å². The van der Waals surface area contributed by atoms with Gasteiger partial charge in [-0.05, 0) is 61.9 Å². The lowest BCUT2D eigenvalue weighted by Crippen LogP contribution is -2.60. The number of amides is 7. The molecule has 19 heteroatoms. The third-order valence-electron chi connectivity index (χ3n) is 7.58. The maximum Gasteiger partial charge on any atom is 0.326 e. The number of thioether (sulfide) groups is 1. The molecule has 6 atom stereocenters. The number of rotatable bonds is 26. The highest BCUT2D eigenvalue weighted by Gasteiger charge is 2.34. The molecule has 0 radical (unpaired) electrons. The number of nitrogens with one attached hydrogen (secondary N) is 6. The largest absolute Gasteiger partial charge is 0.480 e. The van der Waals surface area contributed by atoms with Crippen molar-refractivity contribution in [1.82, 2.24) is 31.9 Å². The Labute approximate surface area is 309 Å². The van der Waals surface area contributed by atoms with E-state index < -0.39 is 90.2 Å². The number of carbonyl (C=O) groups excluding carboxylic acids is 7. The van der Waals surface area contributed by atoms with Gasteiger partial charge in [-0.1, -0.05) is 41.5 Å². The van der Waals surface area contributed by atoms with Crippen LogP contribution in [0.3, 0.4) is 0 Å². The Balaban J connectivity index is 6.08. The van der Waals surface area contributed by atoms with Gasteiger partial charge in [-0.15, -0.1) is 0 Å². The van der Waals surface area contributed by atoms with Gasteiger partial charge in [-0.3, -0.25) is 33.6 Å². The van der Waals surface area contributed by atoms with Crippen LogP contribution < -0.4 is 43.4 Å². The van der Waals surface area contributed by atoms with Crippen molar-refractivity contribution < 1.29 is 48.6 Å². The number of aliphatic hydroxyl groups excluding tert-OH is 1. The van der Waals surface area contributed by atoms with Crippen molar-refractivity contribution in [2.45, 2.75) is 116 Å². The molecule has 0 aromatic heterocycles. The number of aliphatic hydroxyl groups is 1. The molecule has 0 unspecified atom stereocenters. The normalized spacial score (nSPS) is 14.7. The first-order valence-corrected chi connectivity index (χ1v) is 18.8. The average Bonchev–Trinajstić information content (AvgIpc) is 3.04. The Kier molecular flexibility index (Phi) is 23.2.